The van der Waals surface area contributed by atoms with Crippen LogP contribution in [0, 0.1) is 5.92 Å². The van der Waals surface area contributed by atoms with Crippen molar-refractivity contribution in [2.75, 3.05) is 13.2 Å². The van der Waals surface area contributed by atoms with Crippen molar-refractivity contribution in [2.45, 2.75) is 65.5 Å². The summed E-state index contributed by atoms with van der Waals surface area (Å²) in [6, 6.07) is 16.6. The number of guanidine groups is 1. The average molecular weight is 508 g/mol. The lowest BCUT2D eigenvalue weighted by atomic mass is 9.82. The first-order valence-electron chi connectivity index (χ1n) is 12.7. The van der Waals surface area contributed by atoms with Gasteiger partial charge in [-0.1, -0.05) is 56.3 Å². The molecule has 0 spiro atoms. The molecule has 0 unspecified atom stereocenters. The molecule has 0 radical (unpaired) electrons. The molecule has 1 N–H and O–H groups in total. The Hall–Kier alpha value is -3.68. The predicted octanol–water partition coefficient (Wildman–Crippen LogP) is 5.07. The van der Waals surface area contributed by atoms with E-state index in [1.807, 2.05) is 50.2 Å². The summed E-state index contributed by atoms with van der Waals surface area (Å²) in [6.07, 6.45) is 0.184. The molecule has 2 aromatic rings. The Morgan fingerprint density at radius 1 is 1.08 bits per heavy atom. The quantitative estimate of drug-likeness (QED) is 0.501. The zero-order valence-electron chi connectivity index (χ0n) is 22.5. The fourth-order valence-electron chi connectivity index (χ4n) is 4.40. The number of aliphatic imine (C=N–C) groups is 1. The van der Waals surface area contributed by atoms with E-state index in [9.17, 15) is 14.4 Å². The van der Waals surface area contributed by atoms with Crippen molar-refractivity contribution in [3.05, 3.63) is 71.3 Å². The van der Waals surface area contributed by atoms with E-state index < -0.39 is 23.2 Å². The van der Waals surface area contributed by atoms with Gasteiger partial charge >= 0.3 is 12.1 Å². The van der Waals surface area contributed by atoms with E-state index in [1.165, 1.54) is 4.90 Å². The van der Waals surface area contributed by atoms with Gasteiger partial charge in [-0.05, 0) is 69.7 Å². The molecule has 0 aromatic heterocycles. The number of esters is 1. The van der Waals surface area contributed by atoms with Gasteiger partial charge in [-0.25, -0.2) is 9.59 Å². The minimum Gasteiger partial charge on any atom is -0.462 e. The lowest BCUT2D eigenvalue weighted by Gasteiger charge is -2.29. The first-order chi connectivity index (χ1) is 17.4. The third kappa shape index (κ3) is 6.96. The van der Waals surface area contributed by atoms with Crippen LogP contribution in [-0.4, -0.2) is 47.6 Å². The zero-order valence-corrected chi connectivity index (χ0v) is 22.5. The van der Waals surface area contributed by atoms with Gasteiger partial charge in [0.2, 0.25) is 5.96 Å². The topological polar surface area (TPSA) is 97.3 Å². The number of nitrogens with zero attached hydrogens (tertiary/aromatic N) is 2. The molecule has 8 nitrogen and oxygen atoms in total. The number of hydrogen-bond acceptors (Lipinski definition) is 5. The first kappa shape index (κ1) is 27.9. The number of nitrogens with one attached hydrogen (secondary N) is 1. The summed E-state index contributed by atoms with van der Waals surface area (Å²) >= 11 is 0. The SMILES string of the molecule is CCOC(=O)c1cccc(CCN2C(=O)[C@@](CC(C)C)(c3ccccc3)NC2=NC(=O)OC(C)(C)C)c1. The number of amides is 2. The maximum absolute atomic E-state index is 14.1. The second-order valence-electron chi connectivity index (χ2n) is 10.5. The maximum Gasteiger partial charge on any atom is 0.437 e. The van der Waals surface area contributed by atoms with E-state index in [-0.39, 0.29) is 24.3 Å². The van der Waals surface area contributed by atoms with Crippen molar-refractivity contribution in [3.63, 3.8) is 0 Å². The van der Waals surface area contributed by atoms with Crippen LogP contribution in [-0.2, 0) is 26.2 Å². The molecule has 2 amide bonds. The van der Waals surface area contributed by atoms with Gasteiger partial charge in [-0.3, -0.25) is 9.69 Å². The van der Waals surface area contributed by atoms with Gasteiger partial charge in [0, 0.05) is 6.54 Å². The Balaban J connectivity index is 1.97. The number of carbonyl (C=O) groups is 3. The third-order valence-electron chi connectivity index (χ3n) is 5.83. The molecule has 37 heavy (non-hydrogen) atoms. The van der Waals surface area contributed by atoms with Crippen LogP contribution in [0.5, 0.6) is 0 Å². The molecule has 1 heterocycles. The molecular weight excluding hydrogens is 470 g/mol. The van der Waals surface area contributed by atoms with Crippen LogP contribution in [0.15, 0.2) is 59.6 Å². The van der Waals surface area contributed by atoms with E-state index in [0.717, 1.165) is 11.1 Å². The van der Waals surface area contributed by atoms with Crippen molar-refractivity contribution < 1.29 is 23.9 Å². The highest BCUT2D eigenvalue weighted by atomic mass is 16.6. The van der Waals surface area contributed by atoms with E-state index in [2.05, 4.69) is 10.3 Å². The molecule has 198 valence electrons. The number of benzene rings is 2. The van der Waals surface area contributed by atoms with Crippen LogP contribution in [0.4, 0.5) is 4.79 Å². The molecule has 1 fully saturated rings. The molecule has 1 aliphatic rings. The van der Waals surface area contributed by atoms with Crippen LogP contribution < -0.4 is 5.32 Å². The van der Waals surface area contributed by atoms with Gasteiger partial charge in [-0.2, -0.15) is 0 Å². The zero-order chi connectivity index (χ0) is 27.2. The van der Waals surface area contributed by atoms with Crippen molar-refractivity contribution in [3.8, 4) is 0 Å². The van der Waals surface area contributed by atoms with Crippen molar-refractivity contribution in [2.24, 2.45) is 10.9 Å². The molecule has 1 saturated heterocycles. The van der Waals surface area contributed by atoms with Crippen LogP contribution in [0.1, 0.15) is 69.4 Å². The third-order valence-corrected chi connectivity index (χ3v) is 5.83. The van der Waals surface area contributed by atoms with Crippen LogP contribution in [0.25, 0.3) is 0 Å². The first-order valence-corrected chi connectivity index (χ1v) is 12.7. The van der Waals surface area contributed by atoms with Gasteiger partial charge < -0.3 is 14.8 Å². The molecule has 0 saturated carbocycles. The van der Waals surface area contributed by atoms with Crippen LogP contribution in [0.2, 0.25) is 0 Å². The Morgan fingerprint density at radius 3 is 2.41 bits per heavy atom. The lowest BCUT2D eigenvalue weighted by molar-refractivity contribution is -0.132. The minimum absolute atomic E-state index is 0.158. The number of ether oxygens (including phenoxy) is 2. The molecule has 8 heteroatoms. The fraction of sp³-hybridized carbons (Fsp3) is 0.448. The second kappa shape index (κ2) is 11.6. The molecular formula is C29H37N3O5. The number of hydrogen-bond donors (Lipinski definition) is 1. The highest BCUT2D eigenvalue weighted by molar-refractivity contribution is 6.11. The van der Waals surface area contributed by atoms with Gasteiger partial charge in [-0.15, -0.1) is 4.99 Å². The van der Waals surface area contributed by atoms with E-state index >= 15 is 0 Å². The second-order valence-corrected chi connectivity index (χ2v) is 10.5. The average Bonchev–Trinajstić information content (AvgIpc) is 3.07. The van der Waals surface area contributed by atoms with E-state index in [0.29, 0.717) is 25.0 Å². The van der Waals surface area contributed by atoms with Gasteiger partial charge in [0.1, 0.15) is 11.1 Å². The summed E-state index contributed by atoms with van der Waals surface area (Å²) < 4.78 is 10.5. The maximum atomic E-state index is 14.1. The Kier molecular flexibility index (Phi) is 8.73. The molecule has 3 rings (SSSR count). The van der Waals surface area contributed by atoms with Crippen LogP contribution >= 0.6 is 0 Å². The molecule has 0 aliphatic carbocycles. The number of rotatable bonds is 8. The fourth-order valence-corrected chi connectivity index (χ4v) is 4.40. The smallest absolute Gasteiger partial charge is 0.437 e. The Bertz CT molecular complexity index is 1150. The van der Waals surface area contributed by atoms with E-state index in [1.54, 1.807) is 45.9 Å². The summed E-state index contributed by atoms with van der Waals surface area (Å²) in [6.45, 7) is 11.7. The Labute approximate surface area is 219 Å². The van der Waals surface area contributed by atoms with Crippen molar-refractivity contribution >= 4 is 23.9 Å². The summed E-state index contributed by atoms with van der Waals surface area (Å²) in [4.78, 5) is 44.6. The normalized spacial score (nSPS) is 18.7. The van der Waals surface area contributed by atoms with Crippen LogP contribution in [0.3, 0.4) is 0 Å². The number of carbonyl (C=O) groups excluding carboxylic acids is 3. The predicted molar refractivity (Wildman–Crippen MR) is 142 cm³/mol. The highest BCUT2D eigenvalue weighted by Gasteiger charge is 2.51. The minimum atomic E-state index is -1.07. The molecule has 1 aliphatic heterocycles. The highest BCUT2D eigenvalue weighted by Crippen LogP contribution is 2.35. The van der Waals surface area contributed by atoms with E-state index in [4.69, 9.17) is 9.47 Å². The van der Waals surface area contributed by atoms with Gasteiger partial charge in [0.05, 0.1) is 12.2 Å². The molecule has 0 bridgehead atoms. The summed E-state index contributed by atoms with van der Waals surface area (Å²) in [5, 5.41) is 3.30. The largest absolute Gasteiger partial charge is 0.462 e. The summed E-state index contributed by atoms with van der Waals surface area (Å²) in [5.74, 6) is -0.238. The summed E-state index contributed by atoms with van der Waals surface area (Å²) in [7, 11) is 0. The monoisotopic (exact) mass is 507 g/mol. The van der Waals surface area contributed by atoms with Crippen molar-refractivity contribution in [1.82, 2.24) is 10.2 Å². The van der Waals surface area contributed by atoms with Gasteiger partial charge in [0.15, 0.2) is 0 Å². The molecule has 2 aromatic carbocycles. The van der Waals surface area contributed by atoms with Crippen molar-refractivity contribution in [1.29, 1.82) is 0 Å². The van der Waals surface area contributed by atoms with Gasteiger partial charge in [0.25, 0.3) is 5.91 Å². The standard InChI is InChI=1S/C29H37N3O5/c1-7-36-24(33)22-13-11-12-21(18-22)16-17-32-25(34)29(19-20(2)3,23-14-9-8-10-15-23)31-26(32)30-27(35)37-28(4,5)6/h8-15,18,20H,7,16-17,19H2,1-6H3,(H,30,31,35)/t29-/m1/s1. The lowest BCUT2D eigenvalue weighted by Crippen LogP contribution is -2.45. The molecule has 1 atom stereocenters. The Morgan fingerprint density at radius 2 is 1.78 bits per heavy atom. The summed E-state index contributed by atoms with van der Waals surface area (Å²) in [5.41, 5.74) is 0.319.